The number of hydrogen-bond acceptors (Lipinski definition) is 2. The highest BCUT2D eigenvalue weighted by atomic mass is 15.3. The zero-order valence-corrected chi connectivity index (χ0v) is 8.01. The summed E-state index contributed by atoms with van der Waals surface area (Å²) in [6, 6.07) is 0.758. The van der Waals surface area contributed by atoms with Crippen LogP contribution in [-0.4, -0.2) is 49.1 Å². The summed E-state index contributed by atoms with van der Waals surface area (Å²) in [5, 5.41) is 0. The lowest BCUT2D eigenvalue weighted by molar-refractivity contribution is 0.100. The molecule has 1 saturated heterocycles. The molecule has 1 rings (SSSR count). The van der Waals surface area contributed by atoms with Gasteiger partial charge in [-0.15, -0.1) is 0 Å². The van der Waals surface area contributed by atoms with Gasteiger partial charge in [0, 0.05) is 25.7 Å². The van der Waals surface area contributed by atoms with E-state index in [-0.39, 0.29) is 0 Å². The van der Waals surface area contributed by atoms with Crippen LogP contribution >= 0.6 is 0 Å². The van der Waals surface area contributed by atoms with Crippen molar-refractivity contribution in [1.29, 1.82) is 0 Å². The Morgan fingerprint density at radius 2 is 2.09 bits per heavy atom. The Hall–Kier alpha value is -0.0800. The van der Waals surface area contributed by atoms with Crippen molar-refractivity contribution in [2.24, 2.45) is 0 Å². The molecule has 0 aromatic rings. The third kappa shape index (κ3) is 2.46. The van der Waals surface area contributed by atoms with Gasteiger partial charge in [0.15, 0.2) is 0 Å². The van der Waals surface area contributed by atoms with Gasteiger partial charge in [-0.3, -0.25) is 4.90 Å². The fourth-order valence-corrected chi connectivity index (χ4v) is 1.80. The van der Waals surface area contributed by atoms with E-state index < -0.39 is 0 Å². The molecule has 0 saturated carbocycles. The van der Waals surface area contributed by atoms with Crippen molar-refractivity contribution in [3.05, 3.63) is 0 Å². The molecule has 1 atom stereocenters. The Bertz CT molecular complexity index is 114. The standard InChI is InChI=1S/C9H20N2/c1-4-5-11-7-6-10(3)8-9(11)2/h9H,4-8H2,1-3H3/t9-/m0/s1. The third-order valence-corrected chi connectivity index (χ3v) is 2.48. The molecule has 0 N–H and O–H groups in total. The van der Waals surface area contributed by atoms with E-state index in [9.17, 15) is 0 Å². The van der Waals surface area contributed by atoms with Crippen LogP contribution in [0.5, 0.6) is 0 Å². The topological polar surface area (TPSA) is 6.48 Å². The van der Waals surface area contributed by atoms with Gasteiger partial charge < -0.3 is 4.90 Å². The maximum Gasteiger partial charge on any atom is 0.0195 e. The lowest BCUT2D eigenvalue weighted by atomic mass is 10.2. The molecular formula is C9H20N2. The number of piperazine rings is 1. The van der Waals surface area contributed by atoms with Gasteiger partial charge in [0.1, 0.15) is 0 Å². The van der Waals surface area contributed by atoms with Gasteiger partial charge in [0.2, 0.25) is 0 Å². The van der Waals surface area contributed by atoms with E-state index in [1.54, 1.807) is 0 Å². The summed E-state index contributed by atoms with van der Waals surface area (Å²) in [7, 11) is 2.21. The van der Waals surface area contributed by atoms with Gasteiger partial charge in [0.05, 0.1) is 0 Å². The monoisotopic (exact) mass is 156 g/mol. The van der Waals surface area contributed by atoms with Gasteiger partial charge in [-0.25, -0.2) is 0 Å². The number of hydrogen-bond donors (Lipinski definition) is 0. The van der Waals surface area contributed by atoms with Crippen LogP contribution < -0.4 is 0 Å². The van der Waals surface area contributed by atoms with Crippen LogP contribution in [0.3, 0.4) is 0 Å². The molecule has 0 unspecified atom stereocenters. The molecule has 1 heterocycles. The lowest BCUT2D eigenvalue weighted by Gasteiger charge is -2.37. The molecule has 0 spiro atoms. The van der Waals surface area contributed by atoms with Gasteiger partial charge in [-0.1, -0.05) is 6.92 Å². The average Bonchev–Trinajstić information content (AvgIpc) is 1.95. The minimum atomic E-state index is 0.758. The summed E-state index contributed by atoms with van der Waals surface area (Å²) >= 11 is 0. The molecule has 0 radical (unpaired) electrons. The van der Waals surface area contributed by atoms with Crippen molar-refractivity contribution < 1.29 is 0 Å². The second kappa shape index (κ2) is 4.07. The van der Waals surface area contributed by atoms with Crippen molar-refractivity contribution >= 4 is 0 Å². The minimum absolute atomic E-state index is 0.758. The molecule has 0 aromatic carbocycles. The molecule has 0 amide bonds. The highest BCUT2D eigenvalue weighted by Crippen LogP contribution is 2.07. The highest BCUT2D eigenvalue weighted by molar-refractivity contribution is 4.76. The SMILES string of the molecule is CCCN1CCN(C)C[C@@H]1C. The maximum atomic E-state index is 2.58. The minimum Gasteiger partial charge on any atom is -0.304 e. The van der Waals surface area contributed by atoms with E-state index in [1.165, 1.54) is 32.6 Å². The fourth-order valence-electron chi connectivity index (χ4n) is 1.80. The summed E-state index contributed by atoms with van der Waals surface area (Å²) < 4.78 is 0. The second-order valence-corrected chi connectivity index (χ2v) is 3.65. The van der Waals surface area contributed by atoms with Crippen LogP contribution in [0.2, 0.25) is 0 Å². The predicted octanol–water partition coefficient (Wildman–Crippen LogP) is 1.03. The van der Waals surface area contributed by atoms with Crippen molar-refractivity contribution in [2.45, 2.75) is 26.3 Å². The summed E-state index contributed by atoms with van der Waals surface area (Å²) in [6.07, 6.45) is 1.29. The van der Waals surface area contributed by atoms with Crippen LogP contribution in [0.15, 0.2) is 0 Å². The summed E-state index contributed by atoms with van der Waals surface area (Å²) in [5.74, 6) is 0. The number of rotatable bonds is 2. The van der Waals surface area contributed by atoms with Crippen molar-refractivity contribution in [2.75, 3.05) is 33.2 Å². The van der Waals surface area contributed by atoms with Crippen molar-refractivity contribution in [3.8, 4) is 0 Å². The van der Waals surface area contributed by atoms with E-state index in [0.717, 1.165) is 6.04 Å². The van der Waals surface area contributed by atoms with Crippen LogP contribution in [0.25, 0.3) is 0 Å². The van der Waals surface area contributed by atoms with Crippen LogP contribution in [0, 0.1) is 0 Å². The lowest BCUT2D eigenvalue weighted by Crippen LogP contribution is -2.50. The molecule has 0 bridgehead atoms. The Morgan fingerprint density at radius 3 is 2.64 bits per heavy atom. The molecule has 0 aromatic heterocycles. The number of nitrogens with zero attached hydrogens (tertiary/aromatic N) is 2. The van der Waals surface area contributed by atoms with E-state index in [2.05, 4.69) is 30.7 Å². The van der Waals surface area contributed by atoms with Crippen molar-refractivity contribution in [1.82, 2.24) is 9.80 Å². The Morgan fingerprint density at radius 1 is 1.36 bits per heavy atom. The van der Waals surface area contributed by atoms with Gasteiger partial charge in [-0.05, 0) is 26.9 Å². The van der Waals surface area contributed by atoms with Gasteiger partial charge in [0.25, 0.3) is 0 Å². The molecule has 1 fully saturated rings. The Balaban J connectivity index is 2.31. The average molecular weight is 156 g/mol. The fraction of sp³-hybridized carbons (Fsp3) is 1.00. The zero-order valence-electron chi connectivity index (χ0n) is 8.01. The molecule has 11 heavy (non-hydrogen) atoms. The highest BCUT2D eigenvalue weighted by Gasteiger charge is 2.19. The number of likely N-dealkylation sites (N-methyl/N-ethyl adjacent to an activating group) is 1. The molecule has 66 valence electrons. The first-order valence-electron chi connectivity index (χ1n) is 4.66. The summed E-state index contributed by atoms with van der Waals surface area (Å²) in [4.78, 5) is 5.00. The molecule has 1 aliphatic rings. The molecular weight excluding hydrogens is 136 g/mol. The van der Waals surface area contributed by atoms with E-state index >= 15 is 0 Å². The smallest absolute Gasteiger partial charge is 0.0195 e. The molecule has 1 aliphatic heterocycles. The van der Waals surface area contributed by atoms with E-state index in [4.69, 9.17) is 0 Å². The predicted molar refractivity (Wildman–Crippen MR) is 48.8 cm³/mol. The first-order chi connectivity index (χ1) is 5.24. The largest absolute Gasteiger partial charge is 0.304 e. The summed E-state index contributed by atoms with van der Waals surface area (Å²) in [5.41, 5.74) is 0. The molecule has 2 heteroatoms. The van der Waals surface area contributed by atoms with Crippen LogP contribution in [0.4, 0.5) is 0 Å². The van der Waals surface area contributed by atoms with Crippen LogP contribution in [-0.2, 0) is 0 Å². The molecule has 2 nitrogen and oxygen atoms in total. The van der Waals surface area contributed by atoms with E-state index in [1.807, 2.05) is 0 Å². The third-order valence-electron chi connectivity index (χ3n) is 2.48. The van der Waals surface area contributed by atoms with Crippen LogP contribution in [0.1, 0.15) is 20.3 Å². The van der Waals surface area contributed by atoms with Gasteiger partial charge in [-0.2, -0.15) is 0 Å². The Kier molecular flexibility index (Phi) is 3.34. The maximum absolute atomic E-state index is 2.58. The quantitative estimate of drug-likeness (QED) is 0.589. The Labute approximate surface area is 70.2 Å². The second-order valence-electron chi connectivity index (χ2n) is 3.65. The molecule has 0 aliphatic carbocycles. The summed E-state index contributed by atoms with van der Waals surface area (Å²) in [6.45, 7) is 9.58. The zero-order chi connectivity index (χ0) is 8.27. The van der Waals surface area contributed by atoms with Crippen molar-refractivity contribution in [3.63, 3.8) is 0 Å². The first kappa shape index (κ1) is 9.01. The normalized spacial score (nSPS) is 29.2. The van der Waals surface area contributed by atoms with Gasteiger partial charge >= 0.3 is 0 Å². The first-order valence-corrected chi connectivity index (χ1v) is 4.66. The van der Waals surface area contributed by atoms with E-state index in [0.29, 0.717) is 0 Å².